The van der Waals surface area contributed by atoms with Crippen molar-refractivity contribution >= 4 is 39.1 Å². The van der Waals surface area contributed by atoms with Gasteiger partial charge in [-0.3, -0.25) is 0 Å². The maximum absolute atomic E-state index is 12.6. The van der Waals surface area contributed by atoms with E-state index in [1.54, 1.807) is 0 Å². The molecule has 2 atom stereocenters. The zero-order valence-electron chi connectivity index (χ0n) is 4.86. The van der Waals surface area contributed by atoms with Crippen LogP contribution >= 0.6 is 39.1 Å². The predicted molar refractivity (Wildman–Crippen MR) is 41.3 cm³/mol. The van der Waals surface area contributed by atoms with E-state index in [9.17, 15) is 4.39 Å². The molecular weight excluding hydrogens is 250 g/mol. The zero-order chi connectivity index (χ0) is 8.20. The smallest absolute Gasteiger partial charge is 0.289 e. The lowest BCUT2D eigenvalue weighted by Gasteiger charge is -2.18. The maximum atomic E-state index is 12.6. The highest BCUT2D eigenvalue weighted by Crippen LogP contribution is 2.24. The van der Waals surface area contributed by atoms with Gasteiger partial charge in [0.05, 0.1) is 5.88 Å². The summed E-state index contributed by atoms with van der Waals surface area (Å²) >= 11 is 12.9. The lowest BCUT2D eigenvalue weighted by atomic mass is 10.7. The molecule has 0 aliphatic carbocycles. The average molecular weight is 256 g/mol. The second-order valence-electron chi connectivity index (χ2n) is 1.48. The first kappa shape index (κ1) is 10.9. The van der Waals surface area contributed by atoms with E-state index in [-0.39, 0.29) is 5.88 Å². The molecule has 0 fully saturated rings. The van der Waals surface area contributed by atoms with Crippen LogP contribution in [0.4, 0.5) is 4.39 Å². The Balaban J connectivity index is 3.64. The molecular formula is C4H6BrCl2FO2. The van der Waals surface area contributed by atoms with Crippen LogP contribution in [0.15, 0.2) is 0 Å². The minimum absolute atomic E-state index is 0.0428. The van der Waals surface area contributed by atoms with Gasteiger partial charge in [0.1, 0.15) is 12.2 Å². The van der Waals surface area contributed by atoms with Gasteiger partial charge < -0.3 is 9.84 Å². The van der Waals surface area contributed by atoms with Crippen molar-refractivity contribution in [2.75, 3.05) is 12.5 Å². The standard InChI is InChI=1S/C4H6BrCl2FO2/c5-4(8,2-9)10-3(7)1-6/h3,9H,1-2H2. The molecule has 0 heterocycles. The van der Waals surface area contributed by atoms with Gasteiger partial charge >= 0.3 is 0 Å². The van der Waals surface area contributed by atoms with E-state index in [0.29, 0.717) is 0 Å². The minimum Gasteiger partial charge on any atom is -0.389 e. The van der Waals surface area contributed by atoms with Crippen molar-refractivity contribution in [3.8, 4) is 0 Å². The summed E-state index contributed by atoms with van der Waals surface area (Å²) in [5, 5.41) is 8.29. The third-order valence-electron chi connectivity index (χ3n) is 0.606. The normalized spacial score (nSPS) is 20.1. The third kappa shape index (κ3) is 4.68. The highest BCUT2D eigenvalue weighted by Gasteiger charge is 2.28. The summed E-state index contributed by atoms with van der Waals surface area (Å²) in [6.07, 6.45) is 0. The summed E-state index contributed by atoms with van der Waals surface area (Å²) in [5.41, 5.74) is -0.946. The van der Waals surface area contributed by atoms with Gasteiger partial charge in [-0.1, -0.05) is 11.6 Å². The molecule has 2 nitrogen and oxygen atoms in total. The second-order valence-corrected chi connectivity index (χ2v) is 3.46. The van der Waals surface area contributed by atoms with E-state index < -0.39 is 16.9 Å². The average Bonchev–Trinajstić information content (AvgIpc) is 1.87. The molecule has 0 aliphatic rings. The van der Waals surface area contributed by atoms with E-state index in [0.717, 1.165) is 0 Å². The van der Waals surface area contributed by atoms with Crippen molar-refractivity contribution in [2.45, 2.75) is 10.3 Å². The van der Waals surface area contributed by atoms with Crippen LogP contribution in [0.25, 0.3) is 0 Å². The SMILES string of the molecule is OCC(F)(Br)OC(Cl)CCl. The highest BCUT2D eigenvalue weighted by molar-refractivity contribution is 9.10. The summed E-state index contributed by atoms with van der Waals surface area (Å²) in [5.74, 6) is -0.0428. The Morgan fingerprint density at radius 1 is 1.80 bits per heavy atom. The molecule has 62 valence electrons. The Bertz CT molecular complexity index is 103. The first-order chi connectivity index (χ1) is 4.52. The summed E-state index contributed by atoms with van der Waals surface area (Å²) in [6.45, 7) is -0.812. The Labute approximate surface area is 76.4 Å². The van der Waals surface area contributed by atoms with Crippen molar-refractivity contribution in [2.24, 2.45) is 0 Å². The summed E-state index contributed by atoms with van der Waals surface area (Å²) in [7, 11) is 0. The molecule has 0 saturated heterocycles. The molecule has 0 aliphatic heterocycles. The van der Waals surface area contributed by atoms with Crippen LogP contribution in [0.2, 0.25) is 0 Å². The number of aliphatic hydroxyl groups is 1. The molecule has 0 spiro atoms. The maximum Gasteiger partial charge on any atom is 0.289 e. The second kappa shape index (κ2) is 4.72. The van der Waals surface area contributed by atoms with Crippen molar-refractivity contribution in [1.82, 2.24) is 0 Å². The number of rotatable bonds is 4. The van der Waals surface area contributed by atoms with Gasteiger partial charge in [-0.2, -0.15) is 4.39 Å². The molecule has 6 heteroatoms. The topological polar surface area (TPSA) is 29.5 Å². The third-order valence-corrected chi connectivity index (χ3v) is 1.73. The molecule has 2 unspecified atom stereocenters. The lowest BCUT2D eigenvalue weighted by molar-refractivity contribution is -0.101. The van der Waals surface area contributed by atoms with Gasteiger partial charge in [0, 0.05) is 0 Å². The Hall–Kier alpha value is 0.910. The predicted octanol–water partition coefficient (Wildman–Crippen LogP) is 1.82. The molecule has 0 aromatic rings. The fraction of sp³-hybridized carbons (Fsp3) is 1.00. The lowest BCUT2D eigenvalue weighted by Crippen LogP contribution is -2.28. The largest absolute Gasteiger partial charge is 0.389 e. The number of halogens is 4. The molecule has 0 radical (unpaired) electrons. The number of hydrogen-bond donors (Lipinski definition) is 1. The van der Waals surface area contributed by atoms with E-state index in [2.05, 4.69) is 20.7 Å². The number of aliphatic hydroxyl groups excluding tert-OH is 1. The van der Waals surface area contributed by atoms with Crippen LogP contribution in [-0.4, -0.2) is 27.9 Å². The first-order valence-electron chi connectivity index (χ1n) is 2.38. The molecule has 1 N–H and O–H groups in total. The number of alkyl halides is 4. The zero-order valence-corrected chi connectivity index (χ0v) is 7.96. The van der Waals surface area contributed by atoms with Crippen LogP contribution in [0, 0.1) is 0 Å². The Morgan fingerprint density at radius 2 is 2.30 bits per heavy atom. The van der Waals surface area contributed by atoms with Crippen LogP contribution in [0.3, 0.4) is 0 Å². The van der Waals surface area contributed by atoms with Crippen LogP contribution in [0.1, 0.15) is 0 Å². The Morgan fingerprint density at radius 3 is 2.60 bits per heavy atom. The summed E-state index contributed by atoms with van der Waals surface area (Å²) in [6, 6.07) is 0. The van der Waals surface area contributed by atoms with E-state index in [1.165, 1.54) is 0 Å². The van der Waals surface area contributed by atoms with Gasteiger partial charge in [-0.05, 0) is 15.9 Å². The van der Waals surface area contributed by atoms with Gasteiger partial charge in [0.25, 0.3) is 4.76 Å². The van der Waals surface area contributed by atoms with Gasteiger partial charge in [-0.15, -0.1) is 11.6 Å². The first-order valence-corrected chi connectivity index (χ1v) is 4.15. The van der Waals surface area contributed by atoms with E-state index >= 15 is 0 Å². The molecule has 0 saturated carbocycles. The van der Waals surface area contributed by atoms with Crippen molar-refractivity contribution in [3.63, 3.8) is 0 Å². The molecule has 0 aromatic carbocycles. The van der Waals surface area contributed by atoms with Crippen molar-refractivity contribution in [3.05, 3.63) is 0 Å². The van der Waals surface area contributed by atoms with Crippen LogP contribution < -0.4 is 0 Å². The fourth-order valence-electron chi connectivity index (χ4n) is 0.256. The van der Waals surface area contributed by atoms with Gasteiger partial charge in [-0.25, -0.2) is 0 Å². The van der Waals surface area contributed by atoms with Gasteiger partial charge in [0.2, 0.25) is 0 Å². The van der Waals surface area contributed by atoms with Crippen LogP contribution in [-0.2, 0) is 4.74 Å². The minimum atomic E-state index is -2.28. The molecule has 0 aromatic heterocycles. The van der Waals surface area contributed by atoms with Crippen molar-refractivity contribution < 1.29 is 14.2 Å². The Kier molecular flexibility index (Phi) is 5.15. The quantitative estimate of drug-likeness (QED) is 0.777. The number of ether oxygens (including phenoxy) is 1. The highest BCUT2D eigenvalue weighted by atomic mass is 79.9. The van der Waals surface area contributed by atoms with Crippen LogP contribution in [0.5, 0.6) is 0 Å². The van der Waals surface area contributed by atoms with Crippen molar-refractivity contribution in [1.29, 1.82) is 0 Å². The van der Waals surface area contributed by atoms with Gasteiger partial charge in [0.15, 0.2) is 0 Å². The molecule has 0 amide bonds. The number of hydrogen-bond acceptors (Lipinski definition) is 2. The fourth-order valence-corrected chi connectivity index (χ4v) is 0.793. The van der Waals surface area contributed by atoms with E-state index in [4.69, 9.17) is 28.3 Å². The molecule has 0 bridgehead atoms. The summed E-state index contributed by atoms with van der Waals surface area (Å²) < 4.78 is 14.6. The molecule has 0 rings (SSSR count). The summed E-state index contributed by atoms with van der Waals surface area (Å²) in [4.78, 5) is 0. The molecule has 10 heavy (non-hydrogen) atoms. The monoisotopic (exact) mass is 254 g/mol. The van der Waals surface area contributed by atoms with E-state index in [1.807, 2.05) is 0 Å².